The van der Waals surface area contributed by atoms with Crippen LogP contribution in [0.4, 0.5) is 25.0 Å². The van der Waals surface area contributed by atoms with Gasteiger partial charge in [-0.2, -0.15) is 0 Å². The second-order valence-corrected chi connectivity index (χ2v) is 11.3. The molecule has 0 aliphatic carbocycles. The molecule has 3 rings (SSSR count). The minimum Gasteiger partial charge on any atom is -0.443 e. The molecule has 0 spiro atoms. The number of amides is 2. The summed E-state index contributed by atoms with van der Waals surface area (Å²) in [6.07, 6.45) is 0.533. The maximum absolute atomic E-state index is 14.3. The third kappa shape index (κ3) is 7.55. The van der Waals surface area contributed by atoms with Gasteiger partial charge in [0.15, 0.2) is 0 Å². The van der Waals surface area contributed by atoms with Gasteiger partial charge in [-0.3, -0.25) is 9.69 Å². The average molecular weight is 556 g/mol. The smallest absolute Gasteiger partial charge is 0.414 e. The summed E-state index contributed by atoms with van der Waals surface area (Å²) >= 11 is 13.4. The van der Waals surface area contributed by atoms with Gasteiger partial charge in [-0.05, 0) is 77.4 Å². The van der Waals surface area contributed by atoms with E-state index in [2.05, 4.69) is 0 Å². The Hall–Kier alpha value is -2.42. The van der Waals surface area contributed by atoms with Crippen LogP contribution in [-0.2, 0) is 16.0 Å². The topological polar surface area (TPSA) is 53.1 Å². The van der Waals surface area contributed by atoms with Gasteiger partial charge in [0.1, 0.15) is 17.2 Å². The molecule has 1 atom stereocenters. The molecule has 0 bridgehead atoms. The number of carbonyl (C=O) groups excluding carboxylic acids is 2. The molecule has 0 radical (unpaired) electrons. The Bertz CT molecular complexity index is 1150. The molecule has 0 N–H and O–H groups in total. The SMILES string of the molecule is CN(C)CCN(C(=O)OC(C)(C)C)c1ccc(Cl)c(N2CC(Cc3ccc(F)cc3F)CCC2=O)c1Cl. The summed E-state index contributed by atoms with van der Waals surface area (Å²) in [6.45, 7) is 6.43. The van der Waals surface area contributed by atoms with Crippen molar-refractivity contribution in [3.63, 3.8) is 0 Å². The highest BCUT2D eigenvalue weighted by molar-refractivity contribution is 6.42. The maximum atomic E-state index is 14.3. The quantitative estimate of drug-likeness (QED) is 0.388. The predicted octanol–water partition coefficient (Wildman–Crippen LogP) is 6.56. The lowest BCUT2D eigenvalue weighted by atomic mass is 9.90. The fourth-order valence-electron chi connectivity index (χ4n) is 4.21. The normalized spacial score (nSPS) is 16.3. The van der Waals surface area contributed by atoms with Crippen LogP contribution in [0.25, 0.3) is 0 Å². The highest BCUT2D eigenvalue weighted by Crippen LogP contribution is 2.43. The van der Waals surface area contributed by atoms with Gasteiger partial charge < -0.3 is 14.5 Å². The Kier molecular flexibility index (Phi) is 9.42. The molecule has 1 saturated heterocycles. The number of ether oxygens (including phenoxy) is 1. The van der Waals surface area contributed by atoms with Crippen molar-refractivity contribution in [3.05, 3.63) is 57.6 Å². The first-order valence-corrected chi connectivity index (χ1v) is 12.9. The van der Waals surface area contributed by atoms with Crippen molar-refractivity contribution in [2.75, 3.05) is 43.5 Å². The van der Waals surface area contributed by atoms with Crippen molar-refractivity contribution >= 4 is 46.6 Å². The van der Waals surface area contributed by atoms with E-state index in [0.717, 1.165) is 6.07 Å². The van der Waals surface area contributed by atoms with E-state index in [0.29, 0.717) is 42.9 Å². The molecule has 1 unspecified atom stereocenters. The molecule has 1 aliphatic heterocycles. The Balaban J connectivity index is 1.94. The fourth-order valence-corrected chi connectivity index (χ4v) is 4.88. The van der Waals surface area contributed by atoms with Crippen molar-refractivity contribution < 1.29 is 23.1 Å². The van der Waals surface area contributed by atoms with E-state index < -0.39 is 23.3 Å². The number of carbonyl (C=O) groups is 2. The van der Waals surface area contributed by atoms with E-state index in [4.69, 9.17) is 27.9 Å². The Labute approximate surface area is 227 Å². The monoisotopic (exact) mass is 555 g/mol. The van der Waals surface area contributed by atoms with E-state index in [1.807, 2.05) is 19.0 Å². The van der Waals surface area contributed by atoms with Crippen LogP contribution in [0.5, 0.6) is 0 Å². The highest BCUT2D eigenvalue weighted by Gasteiger charge is 2.33. The lowest BCUT2D eigenvalue weighted by Crippen LogP contribution is -2.42. The fraction of sp³-hybridized carbons (Fsp3) is 0.481. The summed E-state index contributed by atoms with van der Waals surface area (Å²) in [5.41, 5.74) is 0.331. The number of piperidine rings is 1. The van der Waals surface area contributed by atoms with E-state index in [1.54, 1.807) is 32.9 Å². The van der Waals surface area contributed by atoms with Crippen LogP contribution in [0.3, 0.4) is 0 Å². The molecule has 10 heteroatoms. The molecule has 37 heavy (non-hydrogen) atoms. The first-order valence-electron chi connectivity index (χ1n) is 12.1. The van der Waals surface area contributed by atoms with Gasteiger partial charge >= 0.3 is 6.09 Å². The number of benzene rings is 2. The molecule has 1 heterocycles. The van der Waals surface area contributed by atoms with Crippen LogP contribution in [0.15, 0.2) is 30.3 Å². The molecule has 2 amide bonds. The number of rotatable bonds is 7. The van der Waals surface area contributed by atoms with Gasteiger partial charge in [0.2, 0.25) is 5.91 Å². The molecule has 6 nitrogen and oxygen atoms in total. The van der Waals surface area contributed by atoms with Crippen molar-refractivity contribution in [1.29, 1.82) is 0 Å². The van der Waals surface area contributed by atoms with Crippen LogP contribution in [0.2, 0.25) is 10.0 Å². The lowest BCUT2D eigenvalue weighted by molar-refractivity contribution is -0.120. The van der Waals surface area contributed by atoms with Crippen LogP contribution in [-0.4, -0.2) is 56.2 Å². The third-order valence-electron chi connectivity index (χ3n) is 6.02. The summed E-state index contributed by atoms with van der Waals surface area (Å²) in [5.74, 6) is -1.52. The highest BCUT2D eigenvalue weighted by atomic mass is 35.5. The second kappa shape index (κ2) is 12.0. The van der Waals surface area contributed by atoms with Crippen LogP contribution in [0.1, 0.15) is 39.2 Å². The van der Waals surface area contributed by atoms with Gasteiger partial charge in [0, 0.05) is 32.1 Å². The second-order valence-electron chi connectivity index (χ2n) is 10.5. The van der Waals surface area contributed by atoms with E-state index >= 15 is 0 Å². The number of anilines is 2. The van der Waals surface area contributed by atoms with Crippen LogP contribution in [0, 0.1) is 17.6 Å². The molecular weight excluding hydrogens is 523 g/mol. The Morgan fingerprint density at radius 2 is 1.84 bits per heavy atom. The van der Waals surface area contributed by atoms with Gasteiger partial charge in [0.05, 0.1) is 21.4 Å². The number of hydrogen-bond donors (Lipinski definition) is 0. The summed E-state index contributed by atoms with van der Waals surface area (Å²) in [5, 5.41) is 0.409. The molecule has 2 aromatic carbocycles. The standard InChI is InChI=1S/C27H33Cl2F2N3O3/c1-27(2,3)37-26(36)33(13-12-32(4)5)22-10-9-20(28)25(24(22)29)34-16-17(6-11-23(34)35)14-18-7-8-19(30)15-21(18)31/h7-10,15,17H,6,11-14,16H2,1-5H3. The summed E-state index contributed by atoms with van der Waals surface area (Å²) in [7, 11) is 3.78. The molecule has 1 aliphatic rings. The van der Waals surface area contributed by atoms with Gasteiger partial charge in [-0.25, -0.2) is 13.6 Å². The zero-order chi connectivity index (χ0) is 27.5. The Morgan fingerprint density at radius 1 is 1.14 bits per heavy atom. The third-order valence-corrected chi connectivity index (χ3v) is 6.70. The average Bonchev–Trinajstić information content (AvgIpc) is 2.77. The largest absolute Gasteiger partial charge is 0.443 e. The van der Waals surface area contributed by atoms with Gasteiger partial charge in [-0.15, -0.1) is 0 Å². The van der Waals surface area contributed by atoms with E-state index in [9.17, 15) is 18.4 Å². The van der Waals surface area contributed by atoms with E-state index in [1.165, 1.54) is 21.9 Å². The number of hydrogen-bond acceptors (Lipinski definition) is 4. The molecular formula is C27H33Cl2F2N3O3. The minimum atomic E-state index is -0.721. The minimum absolute atomic E-state index is 0.0934. The first kappa shape index (κ1) is 29.1. The van der Waals surface area contributed by atoms with Crippen molar-refractivity contribution in [2.24, 2.45) is 5.92 Å². The molecule has 0 aromatic heterocycles. The zero-order valence-corrected chi connectivity index (χ0v) is 23.3. The van der Waals surface area contributed by atoms with Gasteiger partial charge in [-0.1, -0.05) is 29.3 Å². The molecule has 2 aromatic rings. The lowest BCUT2D eigenvalue weighted by Gasteiger charge is -2.35. The summed E-state index contributed by atoms with van der Waals surface area (Å²) in [6, 6.07) is 6.74. The number of likely N-dealkylation sites (N-methyl/N-ethyl adjacent to an activating group) is 1. The first-order chi connectivity index (χ1) is 17.3. The van der Waals surface area contributed by atoms with E-state index in [-0.39, 0.29) is 34.8 Å². The van der Waals surface area contributed by atoms with Crippen LogP contribution >= 0.6 is 23.2 Å². The van der Waals surface area contributed by atoms with Crippen molar-refractivity contribution in [2.45, 2.75) is 45.6 Å². The van der Waals surface area contributed by atoms with Crippen LogP contribution < -0.4 is 9.80 Å². The maximum Gasteiger partial charge on any atom is 0.414 e. The Morgan fingerprint density at radius 3 is 2.46 bits per heavy atom. The van der Waals surface area contributed by atoms with Gasteiger partial charge in [0.25, 0.3) is 0 Å². The molecule has 202 valence electrons. The summed E-state index contributed by atoms with van der Waals surface area (Å²) in [4.78, 5) is 31.0. The van der Waals surface area contributed by atoms with Crippen molar-refractivity contribution in [3.8, 4) is 0 Å². The summed E-state index contributed by atoms with van der Waals surface area (Å²) < 4.78 is 33.2. The van der Waals surface area contributed by atoms with Crippen molar-refractivity contribution in [1.82, 2.24) is 4.90 Å². The predicted molar refractivity (Wildman–Crippen MR) is 144 cm³/mol. The molecule has 1 fully saturated rings. The molecule has 0 saturated carbocycles. The number of halogens is 4. The number of nitrogens with zero attached hydrogens (tertiary/aromatic N) is 3. The zero-order valence-electron chi connectivity index (χ0n) is 21.8.